The molecule has 1 aliphatic rings. The van der Waals surface area contributed by atoms with E-state index in [0.717, 1.165) is 22.8 Å². The van der Waals surface area contributed by atoms with Gasteiger partial charge in [0.05, 0.1) is 10.7 Å². The lowest BCUT2D eigenvalue weighted by atomic mass is 9.91. The average Bonchev–Trinajstić information content (AvgIpc) is 2.90. The minimum absolute atomic E-state index is 0.00905. The van der Waals surface area contributed by atoms with Gasteiger partial charge in [-0.25, -0.2) is 14.2 Å². The molecule has 0 unspecified atom stereocenters. The molecule has 3 rings (SSSR count). The first-order valence-corrected chi connectivity index (χ1v) is 9.44. The second-order valence-electron chi connectivity index (χ2n) is 6.85. The van der Waals surface area contributed by atoms with Crippen molar-refractivity contribution in [1.82, 2.24) is 9.88 Å². The molecule has 0 aliphatic carbocycles. The Labute approximate surface area is 156 Å². The van der Waals surface area contributed by atoms with Gasteiger partial charge in [0, 0.05) is 37.4 Å². The molecule has 0 spiro atoms. The zero-order valence-corrected chi connectivity index (χ0v) is 16.0. The summed E-state index contributed by atoms with van der Waals surface area (Å²) in [6, 6.07) is 4.50. The number of aryl methyl sites for hydroxylation is 3. The van der Waals surface area contributed by atoms with Gasteiger partial charge < -0.3 is 9.84 Å². The fraction of sp³-hybridized carbons (Fsp3) is 0.474. The standard InChI is InChI=1S/C19H23FN2O3S/c1-12-4-5-15(20)16(10-12)25-19(18(23)24)6-8-22(9-7-19)11-17-13(2)21-14(3)26-17/h4-5,10H,6-9,11H2,1-3H3,(H,23,24). The van der Waals surface area contributed by atoms with Crippen molar-refractivity contribution in [2.75, 3.05) is 13.1 Å². The molecule has 0 amide bonds. The topological polar surface area (TPSA) is 62.7 Å². The summed E-state index contributed by atoms with van der Waals surface area (Å²) in [5.74, 6) is -1.56. The highest BCUT2D eigenvalue weighted by Crippen LogP contribution is 2.32. The predicted molar refractivity (Wildman–Crippen MR) is 98.2 cm³/mol. The van der Waals surface area contributed by atoms with E-state index < -0.39 is 17.4 Å². The summed E-state index contributed by atoms with van der Waals surface area (Å²) in [6.45, 7) is 7.71. The number of aromatic nitrogens is 1. The molecule has 0 radical (unpaired) electrons. The number of rotatable bonds is 5. The third kappa shape index (κ3) is 3.88. The van der Waals surface area contributed by atoms with Crippen LogP contribution in [0.1, 0.15) is 34.0 Å². The van der Waals surface area contributed by atoms with Crippen molar-refractivity contribution in [3.8, 4) is 5.75 Å². The number of hydrogen-bond donors (Lipinski definition) is 1. The maximum absolute atomic E-state index is 14.0. The SMILES string of the molecule is Cc1ccc(F)c(OC2(C(=O)O)CCN(Cc3sc(C)nc3C)CC2)c1. The van der Waals surface area contributed by atoms with Gasteiger partial charge in [-0.05, 0) is 38.5 Å². The van der Waals surface area contributed by atoms with Crippen LogP contribution in [0.15, 0.2) is 18.2 Å². The van der Waals surface area contributed by atoms with E-state index in [1.165, 1.54) is 10.9 Å². The summed E-state index contributed by atoms with van der Waals surface area (Å²) in [7, 11) is 0. The van der Waals surface area contributed by atoms with Crippen LogP contribution in [-0.4, -0.2) is 39.7 Å². The van der Waals surface area contributed by atoms with Gasteiger partial charge in [0.2, 0.25) is 5.60 Å². The first-order valence-electron chi connectivity index (χ1n) is 8.63. The lowest BCUT2D eigenvalue weighted by Gasteiger charge is -2.38. The van der Waals surface area contributed by atoms with Gasteiger partial charge in [0.1, 0.15) is 0 Å². The zero-order chi connectivity index (χ0) is 18.9. The van der Waals surface area contributed by atoms with Gasteiger partial charge in [0.25, 0.3) is 0 Å². The van der Waals surface area contributed by atoms with Crippen molar-refractivity contribution in [2.45, 2.75) is 45.8 Å². The Morgan fingerprint density at radius 3 is 2.62 bits per heavy atom. The highest BCUT2D eigenvalue weighted by Gasteiger charge is 2.44. The molecule has 2 heterocycles. The molecule has 1 fully saturated rings. The molecule has 1 aromatic heterocycles. The lowest BCUT2D eigenvalue weighted by molar-refractivity contribution is -0.160. The molecule has 26 heavy (non-hydrogen) atoms. The number of ether oxygens (including phenoxy) is 1. The number of halogens is 1. The van der Waals surface area contributed by atoms with E-state index in [-0.39, 0.29) is 5.75 Å². The Morgan fingerprint density at radius 2 is 2.04 bits per heavy atom. The fourth-order valence-corrected chi connectivity index (χ4v) is 4.23. The molecule has 7 heteroatoms. The Hall–Kier alpha value is -1.99. The van der Waals surface area contributed by atoms with Crippen LogP contribution in [0.5, 0.6) is 5.75 Å². The highest BCUT2D eigenvalue weighted by molar-refractivity contribution is 7.11. The number of hydrogen-bond acceptors (Lipinski definition) is 5. The highest BCUT2D eigenvalue weighted by atomic mass is 32.1. The van der Waals surface area contributed by atoms with Crippen LogP contribution in [0, 0.1) is 26.6 Å². The van der Waals surface area contributed by atoms with Crippen molar-refractivity contribution in [2.24, 2.45) is 0 Å². The number of piperidine rings is 1. The number of nitrogens with zero attached hydrogens (tertiary/aromatic N) is 2. The van der Waals surface area contributed by atoms with E-state index in [2.05, 4.69) is 9.88 Å². The first-order chi connectivity index (χ1) is 12.3. The third-order valence-electron chi connectivity index (χ3n) is 4.81. The van der Waals surface area contributed by atoms with E-state index >= 15 is 0 Å². The van der Waals surface area contributed by atoms with Crippen molar-refractivity contribution in [3.63, 3.8) is 0 Å². The first kappa shape index (κ1) is 18.8. The van der Waals surface area contributed by atoms with Gasteiger partial charge in [-0.3, -0.25) is 4.90 Å². The van der Waals surface area contributed by atoms with Crippen LogP contribution >= 0.6 is 11.3 Å². The van der Waals surface area contributed by atoms with Crippen molar-refractivity contribution >= 4 is 17.3 Å². The number of carboxylic acid groups (broad SMARTS) is 1. The molecule has 1 N–H and O–H groups in total. The molecular weight excluding hydrogens is 355 g/mol. The maximum Gasteiger partial charge on any atom is 0.348 e. The second-order valence-corrected chi connectivity index (χ2v) is 8.14. The Morgan fingerprint density at radius 1 is 1.35 bits per heavy atom. The molecule has 1 aliphatic heterocycles. The van der Waals surface area contributed by atoms with E-state index in [0.29, 0.717) is 25.9 Å². The van der Waals surface area contributed by atoms with E-state index in [9.17, 15) is 14.3 Å². The third-order valence-corrected chi connectivity index (χ3v) is 5.87. The Kier molecular flexibility index (Phi) is 5.29. The van der Waals surface area contributed by atoms with Crippen molar-refractivity contribution in [3.05, 3.63) is 45.2 Å². The van der Waals surface area contributed by atoms with E-state index in [4.69, 9.17) is 4.74 Å². The minimum Gasteiger partial charge on any atom is -0.478 e. The number of carbonyl (C=O) groups is 1. The van der Waals surface area contributed by atoms with Crippen LogP contribution in [0.3, 0.4) is 0 Å². The summed E-state index contributed by atoms with van der Waals surface area (Å²) in [5, 5.41) is 10.8. The van der Waals surface area contributed by atoms with Gasteiger partial charge in [-0.2, -0.15) is 0 Å². The molecule has 1 saturated heterocycles. The van der Waals surface area contributed by atoms with Gasteiger partial charge in [0.15, 0.2) is 11.6 Å². The molecular formula is C19H23FN2O3S. The summed E-state index contributed by atoms with van der Waals surface area (Å²) in [5.41, 5.74) is 0.472. The fourth-order valence-electron chi connectivity index (χ4n) is 3.25. The number of carboxylic acids is 1. The number of benzene rings is 1. The molecule has 0 atom stereocenters. The molecule has 1 aromatic carbocycles. The maximum atomic E-state index is 14.0. The molecule has 2 aromatic rings. The van der Waals surface area contributed by atoms with E-state index in [1.54, 1.807) is 23.5 Å². The minimum atomic E-state index is -1.39. The summed E-state index contributed by atoms with van der Waals surface area (Å²) < 4.78 is 19.8. The normalized spacial score (nSPS) is 17.2. The molecule has 5 nitrogen and oxygen atoms in total. The average molecular weight is 378 g/mol. The predicted octanol–water partition coefficient (Wildman–Crippen LogP) is 3.71. The van der Waals surface area contributed by atoms with Crippen LogP contribution in [-0.2, 0) is 11.3 Å². The van der Waals surface area contributed by atoms with Crippen LogP contribution in [0.2, 0.25) is 0 Å². The van der Waals surface area contributed by atoms with Crippen molar-refractivity contribution < 1.29 is 19.0 Å². The largest absolute Gasteiger partial charge is 0.478 e. The number of likely N-dealkylation sites (tertiary alicyclic amines) is 1. The number of thiazole rings is 1. The smallest absolute Gasteiger partial charge is 0.348 e. The summed E-state index contributed by atoms with van der Waals surface area (Å²) >= 11 is 1.67. The van der Waals surface area contributed by atoms with Gasteiger partial charge in [-0.15, -0.1) is 11.3 Å². The Balaban J connectivity index is 1.71. The van der Waals surface area contributed by atoms with E-state index in [1.807, 2.05) is 20.8 Å². The molecule has 0 bridgehead atoms. The van der Waals surface area contributed by atoms with Gasteiger partial charge >= 0.3 is 5.97 Å². The summed E-state index contributed by atoms with van der Waals surface area (Å²) in [4.78, 5) is 19.8. The molecule has 0 saturated carbocycles. The lowest BCUT2D eigenvalue weighted by Crippen LogP contribution is -2.53. The van der Waals surface area contributed by atoms with Crippen LogP contribution in [0.25, 0.3) is 0 Å². The van der Waals surface area contributed by atoms with Crippen LogP contribution < -0.4 is 4.74 Å². The zero-order valence-electron chi connectivity index (χ0n) is 15.2. The molecule has 140 valence electrons. The summed E-state index contributed by atoms with van der Waals surface area (Å²) in [6.07, 6.45) is 0.624. The number of aliphatic carboxylic acids is 1. The van der Waals surface area contributed by atoms with Gasteiger partial charge in [-0.1, -0.05) is 6.07 Å². The van der Waals surface area contributed by atoms with Crippen LogP contribution in [0.4, 0.5) is 4.39 Å². The quantitative estimate of drug-likeness (QED) is 0.859. The second kappa shape index (κ2) is 7.32. The van der Waals surface area contributed by atoms with Crippen molar-refractivity contribution in [1.29, 1.82) is 0 Å². The Bertz CT molecular complexity index is 813. The monoisotopic (exact) mass is 378 g/mol.